The highest BCUT2D eigenvalue weighted by molar-refractivity contribution is 7.15. The molecule has 1 N–H and O–H groups in total. The molecule has 0 saturated carbocycles. The van der Waals surface area contributed by atoms with Crippen LogP contribution < -0.4 is 5.32 Å². The molecule has 0 aliphatic heterocycles. The average Bonchev–Trinajstić information content (AvgIpc) is 3.03. The van der Waals surface area contributed by atoms with Gasteiger partial charge in [0, 0.05) is 16.3 Å². The Morgan fingerprint density at radius 1 is 1.11 bits per heavy atom. The highest BCUT2D eigenvalue weighted by Gasteiger charge is 2.16. The number of aryl methyl sites for hydroxylation is 1. The van der Waals surface area contributed by atoms with Crippen molar-refractivity contribution in [2.24, 2.45) is 0 Å². The molecule has 0 bridgehead atoms. The van der Waals surface area contributed by atoms with Gasteiger partial charge < -0.3 is 0 Å². The zero-order valence-corrected chi connectivity index (χ0v) is 17.3. The maximum absolute atomic E-state index is 12.5. The van der Waals surface area contributed by atoms with Gasteiger partial charge in [-0.25, -0.2) is 4.98 Å². The Morgan fingerprint density at radius 2 is 1.85 bits per heavy atom. The summed E-state index contributed by atoms with van der Waals surface area (Å²) in [5.74, 6) is -0.241. The smallest absolute Gasteiger partial charge is 0.258 e. The summed E-state index contributed by atoms with van der Waals surface area (Å²) in [6.45, 7) is 2.16. The summed E-state index contributed by atoms with van der Waals surface area (Å²) in [6, 6.07) is 14.8. The van der Waals surface area contributed by atoms with Crippen LogP contribution in [-0.2, 0) is 12.8 Å². The summed E-state index contributed by atoms with van der Waals surface area (Å²) < 4.78 is 0. The van der Waals surface area contributed by atoms with Crippen LogP contribution in [0, 0.1) is 0 Å². The van der Waals surface area contributed by atoms with E-state index in [2.05, 4.69) is 17.2 Å². The van der Waals surface area contributed by atoms with E-state index in [4.69, 9.17) is 23.2 Å². The van der Waals surface area contributed by atoms with Crippen LogP contribution in [0.3, 0.4) is 0 Å². The van der Waals surface area contributed by atoms with E-state index in [0.717, 1.165) is 36.4 Å². The molecular formula is C21H20Cl2N2OS. The molecule has 0 unspecified atom stereocenters. The summed E-state index contributed by atoms with van der Waals surface area (Å²) in [5.41, 5.74) is 2.67. The fourth-order valence-electron chi connectivity index (χ4n) is 2.71. The minimum atomic E-state index is -0.241. The molecule has 27 heavy (non-hydrogen) atoms. The quantitative estimate of drug-likeness (QED) is 0.467. The van der Waals surface area contributed by atoms with Gasteiger partial charge in [0.2, 0.25) is 0 Å². The van der Waals surface area contributed by atoms with Crippen LogP contribution in [0.4, 0.5) is 5.13 Å². The van der Waals surface area contributed by atoms with Crippen molar-refractivity contribution in [1.29, 1.82) is 0 Å². The van der Waals surface area contributed by atoms with Crippen molar-refractivity contribution in [3.05, 3.63) is 80.3 Å². The van der Waals surface area contributed by atoms with E-state index in [-0.39, 0.29) is 5.91 Å². The summed E-state index contributed by atoms with van der Waals surface area (Å²) in [4.78, 5) is 18.4. The van der Waals surface area contributed by atoms with Crippen molar-refractivity contribution in [2.75, 3.05) is 5.32 Å². The SMILES string of the molecule is CCCCc1nc(NC(=O)c2ccccc2Cl)sc1Cc1ccc(Cl)cc1. The molecule has 3 rings (SSSR count). The molecule has 0 radical (unpaired) electrons. The highest BCUT2D eigenvalue weighted by Crippen LogP contribution is 2.28. The molecule has 3 nitrogen and oxygen atoms in total. The van der Waals surface area contributed by atoms with Crippen LogP contribution in [0.5, 0.6) is 0 Å². The molecule has 0 atom stereocenters. The monoisotopic (exact) mass is 418 g/mol. The Bertz CT molecular complexity index is 922. The topological polar surface area (TPSA) is 42.0 Å². The summed E-state index contributed by atoms with van der Waals surface area (Å²) in [6.07, 6.45) is 3.84. The number of rotatable bonds is 7. The number of aromatic nitrogens is 1. The molecule has 3 aromatic rings. The van der Waals surface area contributed by atoms with E-state index >= 15 is 0 Å². The lowest BCUT2D eigenvalue weighted by atomic mass is 10.1. The fourth-order valence-corrected chi connectivity index (χ4v) is 4.10. The molecule has 0 spiro atoms. The Kier molecular flexibility index (Phi) is 6.89. The first-order chi connectivity index (χ1) is 13.1. The number of carbonyl (C=O) groups excluding carboxylic acids is 1. The molecule has 0 fully saturated rings. The van der Waals surface area contributed by atoms with E-state index in [9.17, 15) is 4.79 Å². The molecule has 0 aliphatic carbocycles. The number of hydrogen-bond acceptors (Lipinski definition) is 3. The second-order valence-electron chi connectivity index (χ2n) is 6.23. The van der Waals surface area contributed by atoms with E-state index in [1.807, 2.05) is 24.3 Å². The van der Waals surface area contributed by atoms with Gasteiger partial charge in [-0.1, -0.05) is 60.8 Å². The van der Waals surface area contributed by atoms with Crippen LogP contribution in [0.1, 0.15) is 46.3 Å². The minimum absolute atomic E-state index is 0.241. The lowest BCUT2D eigenvalue weighted by Crippen LogP contribution is -2.12. The van der Waals surface area contributed by atoms with Gasteiger partial charge in [-0.05, 0) is 42.7 Å². The number of thiazole rings is 1. The lowest BCUT2D eigenvalue weighted by Gasteiger charge is -2.03. The summed E-state index contributed by atoms with van der Waals surface area (Å²) >= 11 is 13.6. The van der Waals surface area contributed by atoms with Gasteiger partial charge in [-0.2, -0.15) is 0 Å². The second-order valence-corrected chi connectivity index (χ2v) is 8.16. The Morgan fingerprint density at radius 3 is 2.56 bits per heavy atom. The van der Waals surface area contributed by atoms with E-state index in [0.29, 0.717) is 15.7 Å². The third kappa shape index (κ3) is 5.32. The standard InChI is InChI=1S/C21H20Cl2N2OS/c1-2-3-8-18-19(13-14-9-11-15(22)12-10-14)27-21(24-18)25-20(26)16-6-4-5-7-17(16)23/h4-7,9-12H,2-3,8,13H2,1H3,(H,24,25,26). The minimum Gasteiger partial charge on any atom is -0.298 e. The molecule has 1 amide bonds. The third-order valence-corrected chi connectivity index (χ3v) is 5.76. The number of halogens is 2. The first-order valence-corrected chi connectivity index (χ1v) is 10.4. The predicted octanol–water partition coefficient (Wildman–Crippen LogP) is 6.64. The number of nitrogens with one attached hydrogen (secondary N) is 1. The largest absolute Gasteiger partial charge is 0.298 e. The van der Waals surface area contributed by atoms with Crippen molar-refractivity contribution >= 4 is 45.6 Å². The number of hydrogen-bond donors (Lipinski definition) is 1. The van der Waals surface area contributed by atoms with Crippen molar-refractivity contribution in [2.45, 2.75) is 32.6 Å². The van der Waals surface area contributed by atoms with Crippen LogP contribution in [0.2, 0.25) is 10.0 Å². The van der Waals surface area contributed by atoms with Crippen LogP contribution >= 0.6 is 34.5 Å². The molecular weight excluding hydrogens is 399 g/mol. The van der Waals surface area contributed by atoms with Crippen LogP contribution in [0.15, 0.2) is 48.5 Å². The van der Waals surface area contributed by atoms with Crippen molar-refractivity contribution in [1.82, 2.24) is 4.98 Å². The normalized spacial score (nSPS) is 10.8. The van der Waals surface area contributed by atoms with Crippen LogP contribution in [0.25, 0.3) is 0 Å². The number of anilines is 1. The van der Waals surface area contributed by atoms with Gasteiger partial charge in [0.05, 0.1) is 16.3 Å². The number of unbranched alkanes of at least 4 members (excludes halogenated alkanes) is 1. The summed E-state index contributed by atoms with van der Waals surface area (Å²) in [5, 5.41) is 4.65. The van der Waals surface area contributed by atoms with Gasteiger partial charge in [0.1, 0.15) is 0 Å². The number of benzene rings is 2. The third-order valence-electron chi connectivity index (χ3n) is 4.16. The van der Waals surface area contributed by atoms with Gasteiger partial charge in [-0.3, -0.25) is 10.1 Å². The van der Waals surface area contributed by atoms with Crippen molar-refractivity contribution < 1.29 is 4.79 Å². The zero-order valence-electron chi connectivity index (χ0n) is 15.0. The van der Waals surface area contributed by atoms with E-state index < -0.39 is 0 Å². The molecule has 2 aromatic carbocycles. The maximum atomic E-state index is 12.5. The number of amides is 1. The van der Waals surface area contributed by atoms with Gasteiger partial charge in [-0.15, -0.1) is 11.3 Å². The molecule has 6 heteroatoms. The Hall–Kier alpha value is -1.88. The number of nitrogens with zero attached hydrogens (tertiary/aromatic N) is 1. The van der Waals surface area contributed by atoms with Crippen LogP contribution in [-0.4, -0.2) is 10.9 Å². The van der Waals surface area contributed by atoms with Crippen molar-refractivity contribution in [3.63, 3.8) is 0 Å². The summed E-state index contributed by atoms with van der Waals surface area (Å²) in [7, 11) is 0. The fraction of sp³-hybridized carbons (Fsp3) is 0.238. The second kappa shape index (κ2) is 9.36. The van der Waals surface area contributed by atoms with Crippen molar-refractivity contribution in [3.8, 4) is 0 Å². The molecule has 0 saturated heterocycles. The average molecular weight is 419 g/mol. The highest BCUT2D eigenvalue weighted by atomic mass is 35.5. The Balaban J connectivity index is 1.81. The Labute approximate surface area is 173 Å². The molecule has 1 heterocycles. The zero-order chi connectivity index (χ0) is 19.2. The first-order valence-electron chi connectivity index (χ1n) is 8.85. The molecule has 140 valence electrons. The number of carbonyl (C=O) groups is 1. The maximum Gasteiger partial charge on any atom is 0.258 e. The van der Waals surface area contributed by atoms with E-state index in [1.54, 1.807) is 24.3 Å². The van der Waals surface area contributed by atoms with Gasteiger partial charge in [0.25, 0.3) is 5.91 Å². The van der Waals surface area contributed by atoms with Gasteiger partial charge >= 0.3 is 0 Å². The first kappa shape index (κ1) is 19.9. The van der Waals surface area contributed by atoms with Gasteiger partial charge in [0.15, 0.2) is 5.13 Å². The molecule has 0 aliphatic rings. The molecule has 1 aromatic heterocycles. The lowest BCUT2D eigenvalue weighted by molar-refractivity contribution is 0.102. The predicted molar refractivity (Wildman–Crippen MR) is 114 cm³/mol. The van der Waals surface area contributed by atoms with E-state index in [1.165, 1.54) is 21.8 Å².